The zero-order valence-electron chi connectivity index (χ0n) is 9.37. The lowest BCUT2D eigenvalue weighted by molar-refractivity contribution is -0.135. The molecule has 1 aromatic heterocycles. The standard InChI is InChI=1S/C12H18N2OS/c13-9-12(4-1-5-12)11(15)14-6-2-10-3-7-16-8-10/h3,7-8H,1-2,4-6,9,13H2,(H,14,15). The highest BCUT2D eigenvalue weighted by Crippen LogP contribution is 2.39. The van der Waals surface area contributed by atoms with E-state index in [0.29, 0.717) is 6.54 Å². The van der Waals surface area contributed by atoms with Gasteiger partial charge in [0.15, 0.2) is 0 Å². The molecule has 88 valence electrons. The highest BCUT2D eigenvalue weighted by molar-refractivity contribution is 7.07. The zero-order valence-corrected chi connectivity index (χ0v) is 10.2. The molecule has 3 nitrogen and oxygen atoms in total. The fourth-order valence-corrected chi connectivity index (χ4v) is 2.77. The van der Waals surface area contributed by atoms with Gasteiger partial charge in [-0.2, -0.15) is 11.3 Å². The van der Waals surface area contributed by atoms with Gasteiger partial charge in [-0.3, -0.25) is 4.79 Å². The number of nitrogens with one attached hydrogen (secondary N) is 1. The number of thiophene rings is 1. The van der Waals surface area contributed by atoms with E-state index < -0.39 is 0 Å². The van der Waals surface area contributed by atoms with Crippen molar-refractivity contribution in [3.63, 3.8) is 0 Å². The predicted molar refractivity (Wildman–Crippen MR) is 66.4 cm³/mol. The van der Waals surface area contributed by atoms with Crippen molar-refractivity contribution in [2.24, 2.45) is 11.1 Å². The van der Waals surface area contributed by atoms with Gasteiger partial charge in [-0.1, -0.05) is 6.42 Å². The third-order valence-electron chi connectivity index (χ3n) is 3.46. The van der Waals surface area contributed by atoms with E-state index in [4.69, 9.17) is 5.73 Å². The molecule has 0 unspecified atom stereocenters. The van der Waals surface area contributed by atoms with Gasteiger partial charge >= 0.3 is 0 Å². The second kappa shape index (κ2) is 4.97. The fraction of sp³-hybridized carbons (Fsp3) is 0.583. The van der Waals surface area contributed by atoms with Crippen LogP contribution in [0.3, 0.4) is 0 Å². The molecule has 1 aliphatic rings. The van der Waals surface area contributed by atoms with Crippen LogP contribution in [0.2, 0.25) is 0 Å². The van der Waals surface area contributed by atoms with Crippen LogP contribution in [0.4, 0.5) is 0 Å². The van der Waals surface area contributed by atoms with Gasteiger partial charge in [0, 0.05) is 13.1 Å². The molecule has 0 radical (unpaired) electrons. The van der Waals surface area contributed by atoms with Gasteiger partial charge in [-0.15, -0.1) is 0 Å². The van der Waals surface area contributed by atoms with E-state index >= 15 is 0 Å². The molecule has 16 heavy (non-hydrogen) atoms. The van der Waals surface area contributed by atoms with Gasteiger partial charge in [0.1, 0.15) is 0 Å². The Kier molecular flexibility index (Phi) is 3.61. The lowest BCUT2D eigenvalue weighted by Gasteiger charge is -2.39. The Bertz CT molecular complexity index is 338. The first kappa shape index (κ1) is 11.6. The molecule has 0 aliphatic heterocycles. The molecule has 1 amide bonds. The van der Waals surface area contributed by atoms with E-state index in [0.717, 1.165) is 32.2 Å². The summed E-state index contributed by atoms with van der Waals surface area (Å²) in [6, 6.07) is 2.10. The second-order valence-electron chi connectivity index (χ2n) is 4.48. The zero-order chi connectivity index (χ0) is 11.4. The van der Waals surface area contributed by atoms with Crippen molar-refractivity contribution >= 4 is 17.2 Å². The van der Waals surface area contributed by atoms with E-state index in [1.54, 1.807) is 11.3 Å². The summed E-state index contributed by atoms with van der Waals surface area (Å²) < 4.78 is 0. The Morgan fingerprint density at radius 2 is 2.38 bits per heavy atom. The summed E-state index contributed by atoms with van der Waals surface area (Å²) in [6.07, 6.45) is 3.95. The van der Waals surface area contributed by atoms with Gasteiger partial charge < -0.3 is 11.1 Å². The van der Waals surface area contributed by atoms with Crippen LogP contribution in [-0.4, -0.2) is 19.0 Å². The van der Waals surface area contributed by atoms with Gasteiger partial charge in [-0.25, -0.2) is 0 Å². The third-order valence-corrected chi connectivity index (χ3v) is 4.19. The van der Waals surface area contributed by atoms with E-state index in [1.165, 1.54) is 5.56 Å². The van der Waals surface area contributed by atoms with Crippen LogP contribution in [0.5, 0.6) is 0 Å². The van der Waals surface area contributed by atoms with E-state index in [1.807, 2.05) is 0 Å². The number of hydrogen-bond acceptors (Lipinski definition) is 3. The number of carbonyl (C=O) groups is 1. The summed E-state index contributed by atoms with van der Waals surface area (Å²) in [5.41, 5.74) is 6.73. The first-order valence-corrected chi connectivity index (χ1v) is 6.71. The average Bonchev–Trinajstić information content (AvgIpc) is 2.70. The normalized spacial score (nSPS) is 17.8. The molecule has 1 aromatic rings. The van der Waals surface area contributed by atoms with Crippen molar-refractivity contribution in [2.75, 3.05) is 13.1 Å². The molecule has 0 spiro atoms. The van der Waals surface area contributed by atoms with Crippen molar-refractivity contribution < 1.29 is 4.79 Å². The number of hydrogen-bond donors (Lipinski definition) is 2. The number of nitrogens with two attached hydrogens (primary N) is 1. The maximum absolute atomic E-state index is 11.9. The molecule has 4 heteroatoms. The summed E-state index contributed by atoms with van der Waals surface area (Å²) in [5, 5.41) is 7.18. The maximum Gasteiger partial charge on any atom is 0.227 e. The lowest BCUT2D eigenvalue weighted by atomic mass is 9.68. The van der Waals surface area contributed by atoms with E-state index in [-0.39, 0.29) is 11.3 Å². The Hall–Kier alpha value is -0.870. The van der Waals surface area contributed by atoms with Crippen LogP contribution in [0, 0.1) is 5.41 Å². The van der Waals surface area contributed by atoms with Crippen LogP contribution in [0.15, 0.2) is 16.8 Å². The minimum Gasteiger partial charge on any atom is -0.355 e. The number of carbonyl (C=O) groups excluding carboxylic acids is 1. The Balaban J connectivity index is 1.75. The molecule has 1 heterocycles. The molecule has 0 atom stereocenters. The molecule has 2 rings (SSSR count). The second-order valence-corrected chi connectivity index (χ2v) is 5.26. The van der Waals surface area contributed by atoms with Crippen molar-refractivity contribution in [3.8, 4) is 0 Å². The summed E-state index contributed by atoms with van der Waals surface area (Å²) in [5.74, 6) is 0.150. The molecular weight excluding hydrogens is 220 g/mol. The van der Waals surface area contributed by atoms with Gasteiger partial charge in [0.05, 0.1) is 5.41 Å². The smallest absolute Gasteiger partial charge is 0.227 e. The highest BCUT2D eigenvalue weighted by Gasteiger charge is 2.42. The molecule has 0 bridgehead atoms. The van der Waals surface area contributed by atoms with Crippen LogP contribution >= 0.6 is 11.3 Å². The number of amides is 1. The summed E-state index contributed by atoms with van der Waals surface area (Å²) >= 11 is 1.69. The fourth-order valence-electron chi connectivity index (χ4n) is 2.07. The van der Waals surface area contributed by atoms with Gasteiger partial charge in [-0.05, 0) is 41.7 Å². The van der Waals surface area contributed by atoms with Crippen molar-refractivity contribution in [1.82, 2.24) is 5.32 Å². The van der Waals surface area contributed by atoms with Gasteiger partial charge in [0.2, 0.25) is 5.91 Å². The summed E-state index contributed by atoms with van der Waals surface area (Å²) in [6.45, 7) is 1.20. The molecule has 1 fully saturated rings. The van der Waals surface area contributed by atoms with Crippen LogP contribution in [0.1, 0.15) is 24.8 Å². The highest BCUT2D eigenvalue weighted by atomic mass is 32.1. The van der Waals surface area contributed by atoms with Crippen molar-refractivity contribution in [2.45, 2.75) is 25.7 Å². The Morgan fingerprint density at radius 3 is 2.88 bits per heavy atom. The number of rotatable bonds is 5. The van der Waals surface area contributed by atoms with Crippen molar-refractivity contribution in [1.29, 1.82) is 0 Å². The Labute approximate surface area is 100 Å². The van der Waals surface area contributed by atoms with E-state index in [2.05, 4.69) is 22.1 Å². The molecule has 1 aliphatic carbocycles. The molecule has 0 aromatic carbocycles. The van der Waals surface area contributed by atoms with Crippen LogP contribution in [0.25, 0.3) is 0 Å². The predicted octanol–water partition coefficient (Wildman–Crippen LogP) is 1.54. The Morgan fingerprint density at radius 1 is 1.56 bits per heavy atom. The largest absolute Gasteiger partial charge is 0.355 e. The first-order valence-electron chi connectivity index (χ1n) is 5.76. The van der Waals surface area contributed by atoms with Crippen molar-refractivity contribution in [3.05, 3.63) is 22.4 Å². The van der Waals surface area contributed by atoms with Crippen LogP contribution in [-0.2, 0) is 11.2 Å². The summed E-state index contributed by atoms with van der Waals surface area (Å²) in [4.78, 5) is 11.9. The third kappa shape index (κ3) is 2.28. The quantitative estimate of drug-likeness (QED) is 0.817. The molecule has 1 saturated carbocycles. The lowest BCUT2D eigenvalue weighted by Crippen LogP contribution is -2.50. The monoisotopic (exact) mass is 238 g/mol. The minimum absolute atomic E-state index is 0.150. The van der Waals surface area contributed by atoms with Crippen LogP contribution < -0.4 is 11.1 Å². The molecular formula is C12H18N2OS. The van der Waals surface area contributed by atoms with Gasteiger partial charge in [0.25, 0.3) is 0 Å². The molecule has 0 saturated heterocycles. The molecule has 3 N–H and O–H groups in total. The topological polar surface area (TPSA) is 55.1 Å². The minimum atomic E-state index is -0.241. The maximum atomic E-state index is 11.9. The van der Waals surface area contributed by atoms with E-state index in [9.17, 15) is 4.79 Å². The average molecular weight is 238 g/mol. The summed E-state index contributed by atoms with van der Waals surface area (Å²) in [7, 11) is 0. The SMILES string of the molecule is NCC1(C(=O)NCCc2ccsc2)CCC1. The first-order chi connectivity index (χ1) is 7.77.